The molecule has 0 aliphatic carbocycles. The molecule has 14 heavy (non-hydrogen) atoms. The van der Waals surface area contributed by atoms with Crippen LogP contribution in [0.5, 0.6) is 0 Å². The molecule has 0 aromatic heterocycles. The standard InChI is InChI=1S/C12H15NO/c1-4-12(14)11-8-6-5-7-10(11)9-13(2)3/h4-8H,1,9H2,2-3H3. The lowest BCUT2D eigenvalue weighted by Crippen LogP contribution is -2.13. The van der Waals surface area contributed by atoms with Crippen molar-refractivity contribution in [1.29, 1.82) is 0 Å². The molecule has 0 spiro atoms. The Labute approximate surface area is 84.9 Å². The number of hydrogen-bond donors (Lipinski definition) is 0. The van der Waals surface area contributed by atoms with Gasteiger partial charge in [0, 0.05) is 12.1 Å². The van der Waals surface area contributed by atoms with Gasteiger partial charge in [-0.2, -0.15) is 0 Å². The van der Waals surface area contributed by atoms with Crippen LogP contribution in [-0.4, -0.2) is 24.8 Å². The van der Waals surface area contributed by atoms with Crippen molar-refractivity contribution in [2.45, 2.75) is 6.54 Å². The zero-order valence-corrected chi connectivity index (χ0v) is 8.66. The quantitative estimate of drug-likeness (QED) is 0.534. The van der Waals surface area contributed by atoms with Crippen LogP contribution < -0.4 is 0 Å². The van der Waals surface area contributed by atoms with Crippen LogP contribution in [0.3, 0.4) is 0 Å². The van der Waals surface area contributed by atoms with E-state index >= 15 is 0 Å². The molecule has 1 aromatic carbocycles. The minimum atomic E-state index is -0.0116. The van der Waals surface area contributed by atoms with Crippen molar-refractivity contribution in [2.24, 2.45) is 0 Å². The van der Waals surface area contributed by atoms with Gasteiger partial charge in [0.05, 0.1) is 0 Å². The van der Waals surface area contributed by atoms with E-state index in [9.17, 15) is 4.79 Å². The Morgan fingerprint density at radius 2 is 2.07 bits per heavy atom. The first-order chi connectivity index (χ1) is 6.65. The normalized spacial score (nSPS) is 10.2. The van der Waals surface area contributed by atoms with Gasteiger partial charge >= 0.3 is 0 Å². The van der Waals surface area contributed by atoms with Gasteiger partial charge in [0.15, 0.2) is 5.78 Å². The molecule has 0 saturated carbocycles. The fraction of sp³-hybridized carbons (Fsp3) is 0.250. The second kappa shape index (κ2) is 4.72. The monoisotopic (exact) mass is 189 g/mol. The minimum Gasteiger partial charge on any atom is -0.305 e. The predicted octanol–water partition coefficient (Wildman–Crippen LogP) is 2.12. The molecule has 0 aliphatic heterocycles. The number of benzene rings is 1. The Balaban J connectivity index is 3.02. The summed E-state index contributed by atoms with van der Waals surface area (Å²) in [5, 5.41) is 0. The second-order valence-electron chi connectivity index (χ2n) is 3.46. The molecule has 0 amide bonds. The van der Waals surface area contributed by atoms with Crippen molar-refractivity contribution in [3.05, 3.63) is 48.0 Å². The molecule has 0 heterocycles. The summed E-state index contributed by atoms with van der Waals surface area (Å²) in [6.45, 7) is 4.27. The van der Waals surface area contributed by atoms with E-state index in [1.165, 1.54) is 6.08 Å². The van der Waals surface area contributed by atoms with Crippen LogP contribution in [0.2, 0.25) is 0 Å². The van der Waals surface area contributed by atoms with Gasteiger partial charge in [-0.1, -0.05) is 30.8 Å². The van der Waals surface area contributed by atoms with E-state index in [0.717, 1.165) is 17.7 Å². The van der Waals surface area contributed by atoms with E-state index in [2.05, 4.69) is 6.58 Å². The summed E-state index contributed by atoms with van der Waals surface area (Å²) in [6, 6.07) is 7.62. The fourth-order valence-electron chi connectivity index (χ4n) is 1.35. The van der Waals surface area contributed by atoms with Crippen LogP contribution in [-0.2, 0) is 6.54 Å². The van der Waals surface area contributed by atoms with Gasteiger partial charge in [-0.3, -0.25) is 4.79 Å². The fourth-order valence-corrected chi connectivity index (χ4v) is 1.35. The van der Waals surface area contributed by atoms with E-state index in [1.807, 2.05) is 43.3 Å². The number of carbonyl (C=O) groups excluding carboxylic acids is 1. The number of hydrogen-bond acceptors (Lipinski definition) is 2. The first kappa shape index (κ1) is 10.7. The highest BCUT2D eigenvalue weighted by molar-refractivity contribution is 6.05. The molecule has 0 fully saturated rings. The van der Waals surface area contributed by atoms with Crippen LogP contribution >= 0.6 is 0 Å². The zero-order chi connectivity index (χ0) is 10.6. The number of nitrogens with zero attached hydrogens (tertiary/aromatic N) is 1. The molecule has 2 heteroatoms. The first-order valence-electron chi connectivity index (χ1n) is 4.54. The van der Waals surface area contributed by atoms with Gasteiger partial charge in [0.1, 0.15) is 0 Å². The molecular formula is C12H15NO. The Kier molecular flexibility index (Phi) is 3.60. The van der Waals surface area contributed by atoms with Gasteiger partial charge in [0.25, 0.3) is 0 Å². The van der Waals surface area contributed by atoms with E-state index in [1.54, 1.807) is 0 Å². The van der Waals surface area contributed by atoms with Gasteiger partial charge in [0.2, 0.25) is 0 Å². The average molecular weight is 189 g/mol. The minimum absolute atomic E-state index is 0.0116. The van der Waals surface area contributed by atoms with Crippen molar-refractivity contribution < 1.29 is 4.79 Å². The summed E-state index contributed by atoms with van der Waals surface area (Å²) in [5.74, 6) is -0.0116. The van der Waals surface area contributed by atoms with E-state index in [4.69, 9.17) is 0 Å². The van der Waals surface area contributed by atoms with Crippen molar-refractivity contribution in [2.75, 3.05) is 14.1 Å². The summed E-state index contributed by atoms with van der Waals surface area (Å²) in [7, 11) is 3.96. The molecular weight excluding hydrogens is 174 g/mol. The van der Waals surface area contributed by atoms with Crippen molar-refractivity contribution in [1.82, 2.24) is 4.90 Å². The van der Waals surface area contributed by atoms with Gasteiger partial charge in [-0.05, 0) is 25.7 Å². The smallest absolute Gasteiger partial charge is 0.185 e. The Bertz CT molecular complexity index is 342. The molecule has 1 aromatic rings. The Morgan fingerprint density at radius 3 is 2.64 bits per heavy atom. The van der Waals surface area contributed by atoms with Crippen molar-refractivity contribution >= 4 is 5.78 Å². The summed E-state index contributed by atoms with van der Waals surface area (Å²) in [4.78, 5) is 13.5. The number of ketones is 1. The molecule has 0 unspecified atom stereocenters. The molecule has 0 N–H and O–H groups in total. The maximum absolute atomic E-state index is 11.5. The molecule has 0 bridgehead atoms. The third-order valence-electron chi connectivity index (χ3n) is 1.95. The highest BCUT2D eigenvalue weighted by Gasteiger charge is 2.07. The largest absolute Gasteiger partial charge is 0.305 e. The zero-order valence-electron chi connectivity index (χ0n) is 8.66. The maximum Gasteiger partial charge on any atom is 0.185 e. The summed E-state index contributed by atoms with van der Waals surface area (Å²) in [6.07, 6.45) is 1.36. The Hall–Kier alpha value is -1.41. The molecule has 0 radical (unpaired) electrons. The van der Waals surface area contributed by atoms with Gasteiger partial charge < -0.3 is 4.90 Å². The van der Waals surface area contributed by atoms with Crippen LogP contribution in [0.15, 0.2) is 36.9 Å². The van der Waals surface area contributed by atoms with E-state index < -0.39 is 0 Å². The van der Waals surface area contributed by atoms with Gasteiger partial charge in [-0.15, -0.1) is 0 Å². The van der Waals surface area contributed by atoms with Crippen LogP contribution in [0.25, 0.3) is 0 Å². The summed E-state index contributed by atoms with van der Waals surface area (Å²) >= 11 is 0. The highest BCUT2D eigenvalue weighted by Crippen LogP contribution is 2.11. The highest BCUT2D eigenvalue weighted by atomic mass is 16.1. The Morgan fingerprint density at radius 1 is 1.43 bits per heavy atom. The summed E-state index contributed by atoms with van der Waals surface area (Å²) in [5.41, 5.74) is 1.79. The lowest BCUT2D eigenvalue weighted by Gasteiger charge is -2.12. The van der Waals surface area contributed by atoms with E-state index in [-0.39, 0.29) is 5.78 Å². The molecule has 74 valence electrons. The first-order valence-corrected chi connectivity index (χ1v) is 4.54. The summed E-state index contributed by atoms with van der Waals surface area (Å²) < 4.78 is 0. The maximum atomic E-state index is 11.5. The number of allylic oxidation sites excluding steroid dienone is 1. The van der Waals surface area contributed by atoms with Crippen LogP contribution in [0.4, 0.5) is 0 Å². The predicted molar refractivity (Wildman–Crippen MR) is 58.4 cm³/mol. The second-order valence-corrected chi connectivity index (χ2v) is 3.46. The van der Waals surface area contributed by atoms with Crippen molar-refractivity contribution in [3.63, 3.8) is 0 Å². The molecule has 0 saturated heterocycles. The lowest BCUT2D eigenvalue weighted by atomic mass is 10.0. The average Bonchev–Trinajstić information content (AvgIpc) is 2.16. The van der Waals surface area contributed by atoms with Crippen molar-refractivity contribution in [3.8, 4) is 0 Å². The third-order valence-corrected chi connectivity index (χ3v) is 1.95. The molecule has 0 aliphatic rings. The SMILES string of the molecule is C=CC(=O)c1ccccc1CN(C)C. The third kappa shape index (κ3) is 2.54. The lowest BCUT2D eigenvalue weighted by molar-refractivity contribution is 0.104. The number of carbonyl (C=O) groups is 1. The topological polar surface area (TPSA) is 20.3 Å². The van der Waals surface area contributed by atoms with Crippen LogP contribution in [0.1, 0.15) is 15.9 Å². The van der Waals surface area contributed by atoms with E-state index in [0.29, 0.717) is 0 Å². The van der Waals surface area contributed by atoms with Crippen LogP contribution in [0, 0.1) is 0 Å². The molecule has 1 rings (SSSR count). The van der Waals surface area contributed by atoms with Gasteiger partial charge in [-0.25, -0.2) is 0 Å². The molecule has 0 atom stereocenters. The number of rotatable bonds is 4. The molecule has 2 nitrogen and oxygen atoms in total.